The van der Waals surface area contributed by atoms with E-state index >= 15 is 0 Å². The molecule has 0 aromatic heterocycles. The van der Waals surface area contributed by atoms with Crippen LogP contribution in [0.1, 0.15) is 12.0 Å². The van der Waals surface area contributed by atoms with Crippen LogP contribution in [-0.4, -0.2) is 36.9 Å². The monoisotopic (exact) mass is 324 g/mol. The Hall–Kier alpha value is -1.58. The highest BCUT2D eigenvalue weighted by Gasteiger charge is 2.24. The molecule has 1 aromatic carbocycles. The topological polar surface area (TPSA) is 73.6 Å². The number of rotatable bonds is 3. The lowest BCUT2D eigenvalue weighted by Gasteiger charge is -2.34. The zero-order valence-corrected chi connectivity index (χ0v) is 11.8. The Bertz CT molecular complexity index is 527. The lowest BCUT2D eigenvalue weighted by molar-refractivity contribution is -0.140. The van der Waals surface area contributed by atoms with Crippen molar-refractivity contribution in [3.63, 3.8) is 0 Å². The molecule has 19 heavy (non-hydrogen) atoms. The van der Waals surface area contributed by atoms with Crippen molar-refractivity contribution in [3.05, 3.63) is 28.2 Å². The Balaban J connectivity index is 2.17. The van der Waals surface area contributed by atoms with Crippen molar-refractivity contribution in [3.8, 4) is 6.07 Å². The van der Waals surface area contributed by atoms with Gasteiger partial charge in [0, 0.05) is 17.6 Å². The Labute approximate surface area is 119 Å². The molecule has 1 fully saturated rings. The summed E-state index contributed by atoms with van der Waals surface area (Å²) in [5.74, 6) is -0.872. The van der Waals surface area contributed by atoms with Gasteiger partial charge in [-0.3, -0.25) is 4.79 Å². The van der Waals surface area contributed by atoms with Crippen molar-refractivity contribution in [2.45, 2.75) is 12.5 Å². The number of carbonyl (C=O) groups is 1. The maximum absolute atomic E-state index is 10.7. The molecule has 1 unspecified atom stereocenters. The normalized spacial score (nSPS) is 18.9. The summed E-state index contributed by atoms with van der Waals surface area (Å²) in [6, 6.07) is 7.66. The standard InChI is InChI=1S/C13H13BrN2O3/c14-10-1-2-12(9(5-10)7-15)16-3-4-19-11(8-16)6-13(17)18/h1-2,5,11H,3-4,6,8H2,(H,17,18). The van der Waals surface area contributed by atoms with E-state index in [1.165, 1.54) is 0 Å². The van der Waals surface area contributed by atoms with Crippen molar-refractivity contribution in [1.29, 1.82) is 5.26 Å². The first-order chi connectivity index (χ1) is 9.10. The molecule has 0 spiro atoms. The van der Waals surface area contributed by atoms with Gasteiger partial charge in [0.2, 0.25) is 0 Å². The average molecular weight is 325 g/mol. The largest absolute Gasteiger partial charge is 0.481 e. The molecular weight excluding hydrogens is 312 g/mol. The second-order valence-corrected chi connectivity index (χ2v) is 5.23. The molecule has 1 saturated heterocycles. The number of ether oxygens (including phenoxy) is 1. The third-order valence-corrected chi connectivity index (χ3v) is 3.45. The number of anilines is 1. The Morgan fingerprint density at radius 2 is 2.42 bits per heavy atom. The molecule has 0 bridgehead atoms. The van der Waals surface area contributed by atoms with E-state index in [9.17, 15) is 4.79 Å². The minimum Gasteiger partial charge on any atom is -0.481 e. The summed E-state index contributed by atoms with van der Waals surface area (Å²) in [6.45, 7) is 1.62. The first kappa shape index (κ1) is 13.8. The molecule has 1 atom stereocenters. The fourth-order valence-electron chi connectivity index (χ4n) is 2.13. The molecule has 0 radical (unpaired) electrons. The summed E-state index contributed by atoms with van der Waals surface area (Å²) in [6.07, 6.45) is -0.351. The average Bonchev–Trinajstić information content (AvgIpc) is 2.38. The second kappa shape index (κ2) is 6.04. The molecule has 1 aromatic rings. The molecule has 0 aliphatic carbocycles. The van der Waals surface area contributed by atoms with Crippen LogP contribution < -0.4 is 4.90 Å². The third kappa shape index (κ3) is 3.46. The number of hydrogen-bond acceptors (Lipinski definition) is 4. The van der Waals surface area contributed by atoms with Gasteiger partial charge in [-0.15, -0.1) is 0 Å². The highest BCUT2D eigenvalue weighted by molar-refractivity contribution is 9.10. The Morgan fingerprint density at radius 1 is 1.63 bits per heavy atom. The van der Waals surface area contributed by atoms with E-state index in [2.05, 4.69) is 22.0 Å². The van der Waals surface area contributed by atoms with Crippen LogP contribution >= 0.6 is 15.9 Å². The molecular formula is C13H13BrN2O3. The quantitative estimate of drug-likeness (QED) is 0.920. The van der Waals surface area contributed by atoms with Crippen molar-refractivity contribution < 1.29 is 14.6 Å². The van der Waals surface area contributed by atoms with Gasteiger partial charge in [0.15, 0.2) is 0 Å². The van der Waals surface area contributed by atoms with Gasteiger partial charge in [0.1, 0.15) is 6.07 Å². The van der Waals surface area contributed by atoms with Crippen LogP contribution in [0.3, 0.4) is 0 Å². The summed E-state index contributed by atoms with van der Waals surface area (Å²) in [5, 5.41) is 18.0. The zero-order valence-electron chi connectivity index (χ0n) is 10.2. The molecule has 1 N–H and O–H groups in total. The van der Waals surface area contributed by atoms with Crippen LogP contribution in [-0.2, 0) is 9.53 Å². The van der Waals surface area contributed by atoms with Gasteiger partial charge in [-0.25, -0.2) is 0 Å². The van der Waals surface area contributed by atoms with E-state index in [0.29, 0.717) is 25.3 Å². The smallest absolute Gasteiger partial charge is 0.306 e. The van der Waals surface area contributed by atoms with Crippen LogP contribution in [0, 0.1) is 11.3 Å². The number of halogens is 1. The fraction of sp³-hybridized carbons (Fsp3) is 0.385. The number of morpholine rings is 1. The van der Waals surface area contributed by atoms with Gasteiger partial charge in [0.25, 0.3) is 0 Å². The predicted molar refractivity (Wildman–Crippen MR) is 73.1 cm³/mol. The lowest BCUT2D eigenvalue weighted by atomic mass is 10.1. The fourth-order valence-corrected chi connectivity index (χ4v) is 2.49. The number of carboxylic acids is 1. The number of hydrogen-bond donors (Lipinski definition) is 1. The minimum atomic E-state index is -0.872. The molecule has 1 heterocycles. The molecule has 2 rings (SSSR count). The zero-order chi connectivity index (χ0) is 13.8. The van der Waals surface area contributed by atoms with E-state index in [1.54, 1.807) is 6.07 Å². The molecule has 0 saturated carbocycles. The number of benzene rings is 1. The first-order valence-corrected chi connectivity index (χ1v) is 6.67. The summed E-state index contributed by atoms with van der Waals surface area (Å²) in [4.78, 5) is 12.7. The highest BCUT2D eigenvalue weighted by Crippen LogP contribution is 2.26. The molecule has 5 nitrogen and oxygen atoms in total. The van der Waals surface area contributed by atoms with E-state index < -0.39 is 5.97 Å². The van der Waals surface area contributed by atoms with E-state index in [-0.39, 0.29) is 12.5 Å². The summed E-state index contributed by atoms with van der Waals surface area (Å²) in [7, 11) is 0. The van der Waals surface area contributed by atoms with E-state index in [0.717, 1.165) is 10.2 Å². The highest BCUT2D eigenvalue weighted by atomic mass is 79.9. The van der Waals surface area contributed by atoms with Gasteiger partial charge < -0.3 is 14.7 Å². The second-order valence-electron chi connectivity index (χ2n) is 4.31. The van der Waals surface area contributed by atoms with Crippen LogP contribution in [0.25, 0.3) is 0 Å². The maximum atomic E-state index is 10.7. The van der Waals surface area contributed by atoms with Crippen molar-refractivity contribution in [2.24, 2.45) is 0 Å². The van der Waals surface area contributed by atoms with Gasteiger partial charge in [-0.05, 0) is 18.2 Å². The summed E-state index contributed by atoms with van der Waals surface area (Å²) < 4.78 is 6.27. The lowest BCUT2D eigenvalue weighted by Crippen LogP contribution is -2.43. The van der Waals surface area contributed by atoms with Gasteiger partial charge in [-0.1, -0.05) is 15.9 Å². The SMILES string of the molecule is N#Cc1cc(Br)ccc1N1CCOC(CC(=O)O)C1. The summed E-state index contributed by atoms with van der Waals surface area (Å²) in [5.41, 5.74) is 1.40. The van der Waals surface area contributed by atoms with Crippen LogP contribution in [0.4, 0.5) is 5.69 Å². The first-order valence-electron chi connectivity index (χ1n) is 5.88. The van der Waals surface area contributed by atoms with E-state index in [1.807, 2.05) is 17.0 Å². The number of nitrogens with zero attached hydrogens (tertiary/aromatic N) is 2. The molecule has 1 aliphatic heterocycles. The summed E-state index contributed by atoms with van der Waals surface area (Å²) >= 11 is 3.33. The minimum absolute atomic E-state index is 0.0189. The molecule has 6 heteroatoms. The number of nitriles is 1. The van der Waals surface area contributed by atoms with Crippen LogP contribution in [0.15, 0.2) is 22.7 Å². The predicted octanol–water partition coefficient (Wildman–Crippen LogP) is 2.00. The van der Waals surface area contributed by atoms with Crippen molar-refractivity contribution in [1.82, 2.24) is 0 Å². The Kier molecular flexibility index (Phi) is 4.40. The molecule has 1 aliphatic rings. The molecule has 100 valence electrons. The van der Waals surface area contributed by atoms with Gasteiger partial charge in [-0.2, -0.15) is 5.26 Å². The molecule has 0 amide bonds. The Morgan fingerprint density at radius 3 is 3.11 bits per heavy atom. The number of aliphatic carboxylic acids is 1. The number of carboxylic acid groups (broad SMARTS) is 1. The van der Waals surface area contributed by atoms with Crippen LogP contribution in [0.5, 0.6) is 0 Å². The van der Waals surface area contributed by atoms with Crippen molar-refractivity contribution >= 4 is 27.6 Å². The van der Waals surface area contributed by atoms with E-state index in [4.69, 9.17) is 15.1 Å². The van der Waals surface area contributed by atoms with Gasteiger partial charge in [0.05, 0.1) is 30.4 Å². The maximum Gasteiger partial charge on any atom is 0.306 e. The third-order valence-electron chi connectivity index (χ3n) is 2.96. The van der Waals surface area contributed by atoms with Crippen LogP contribution in [0.2, 0.25) is 0 Å². The van der Waals surface area contributed by atoms with Crippen molar-refractivity contribution in [2.75, 3.05) is 24.6 Å². The van der Waals surface area contributed by atoms with Gasteiger partial charge >= 0.3 is 5.97 Å².